The molecule has 2 N–H and O–H groups in total. The predicted molar refractivity (Wildman–Crippen MR) is 56.7 cm³/mol. The summed E-state index contributed by atoms with van der Waals surface area (Å²) in [5, 5.41) is 0. The number of rotatable bonds is 4. The lowest BCUT2D eigenvalue weighted by Gasteiger charge is -2.09. The highest BCUT2D eigenvalue weighted by atomic mass is 16.7. The van der Waals surface area contributed by atoms with Gasteiger partial charge in [-0.3, -0.25) is 0 Å². The maximum Gasteiger partial charge on any atom is 0.407 e. The molecular weight excluding hydrogens is 194 g/mol. The van der Waals surface area contributed by atoms with Crippen molar-refractivity contribution in [2.24, 2.45) is 5.73 Å². The molecule has 1 aromatic carbocycles. The number of hydrogen-bond acceptors (Lipinski definition) is 3. The van der Waals surface area contributed by atoms with E-state index in [2.05, 4.69) is 4.74 Å². The van der Waals surface area contributed by atoms with Crippen molar-refractivity contribution in [3.05, 3.63) is 42.2 Å². The molecule has 1 rings (SSSR count). The van der Waals surface area contributed by atoms with Gasteiger partial charge in [0.1, 0.15) is 0 Å². The average molecular weight is 207 g/mol. The van der Waals surface area contributed by atoms with Crippen LogP contribution in [0.25, 0.3) is 6.08 Å². The molecule has 15 heavy (non-hydrogen) atoms. The second-order valence-corrected chi connectivity index (χ2v) is 2.85. The Labute approximate surface area is 88.3 Å². The van der Waals surface area contributed by atoms with Gasteiger partial charge in [-0.25, -0.2) is 4.79 Å². The summed E-state index contributed by atoms with van der Waals surface area (Å²) in [7, 11) is 0. The Morgan fingerprint density at radius 2 is 2.07 bits per heavy atom. The molecule has 0 aromatic heterocycles. The van der Waals surface area contributed by atoms with E-state index in [9.17, 15) is 4.79 Å². The van der Waals surface area contributed by atoms with Crippen molar-refractivity contribution in [1.82, 2.24) is 0 Å². The van der Waals surface area contributed by atoms with Crippen LogP contribution in [-0.4, -0.2) is 12.4 Å². The molecule has 4 nitrogen and oxygen atoms in total. The first-order valence-electron chi connectivity index (χ1n) is 4.51. The first-order valence-corrected chi connectivity index (χ1v) is 4.51. The molecule has 80 valence electrons. The highest BCUT2D eigenvalue weighted by Gasteiger charge is 2.02. The van der Waals surface area contributed by atoms with Gasteiger partial charge >= 0.3 is 6.09 Å². The van der Waals surface area contributed by atoms with Crippen LogP contribution in [0, 0.1) is 0 Å². The number of ether oxygens (including phenoxy) is 2. The van der Waals surface area contributed by atoms with Gasteiger partial charge in [-0.05, 0) is 11.6 Å². The number of benzene rings is 1. The van der Waals surface area contributed by atoms with E-state index < -0.39 is 12.4 Å². The molecule has 0 bridgehead atoms. The third-order valence-electron chi connectivity index (χ3n) is 1.61. The van der Waals surface area contributed by atoms with Gasteiger partial charge in [-0.2, -0.15) is 0 Å². The summed E-state index contributed by atoms with van der Waals surface area (Å²) in [5.41, 5.74) is 5.81. The van der Waals surface area contributed by atoms with Gasteiger partial charge in [-0.15, -0.1) is 0 Å². The molecule has 0 radical (unpaired) electrons. The molecule has 0 saturated heterocycles. The van der Waals surface area contributed by atoms with Crippen LogP contribution in [0.4, 0.5) is 4.79 Å². The van der Waals surface area contributed by atoms with E-state index in [1.165, 1.54) is 6.26 Å². The minimum absolute atomic E-state index is 0.678. The first kappa shape index (κ1) is 11.1. The van der Waals surface area contributed by atoms with E-state index in [0.29, 0.717) is 0 Å². The van der Waals surface area contributed by atoms with Gasteiger partial charge in [0.25, 0.3) is 0 Å². The van der Waals surface area contributed by atoms with Gasteiger partial charge < -0.3 is 15.2 Å². The zero-order valence-corrected chi connectivity index (χ0v) is 8.42. The maximum atomic E-state index is 10.3. The molecule has 0 aliphatic heterocycles. The second kappa shape index (κ2) is 5.70. The molecule has 4 heteroatoms. The minimum atomic E-state index is -0.851. The van der Waals surface area contributed by atoms with Gasteiger partial charge in [0.2, 0.25) is 6.29 Å². The summed E-state index contributed by atoms with van der Waals surface area (Å²) in [5.74, 6) is 0. The molecule has 0 heterocycles. The predicted octanol–water partition coefficient (Wildman–Crippen LogP) is 2.12. The molecule has 1 aromatic rings. The summed E-state index contributed by atoms with van der Waals surface area (Å²) < 4.78 is 9.61. The topological polar surface area (TPSA) is 61.6 Å². The molecule has 0 spiro atoms. The number of amides is 1. The average Bonchev–Trinajstić information content (AvgIpc) is 2.18. The van der Waals surface area contributed by atoms with E-state index in [4.69, 9.17) is 10.5 Å². The quantitative estimate of drug-likeness (QED) is 0.607. The lowest BCUT2D eigenvalue weighted by Crippen LogP contribution is -2.21. The van der Waals surface area contributed by atoms with Crippen LogP contribution in [0.1, 0.15) is 12.5 Å². The molecule has 1 atom stereocenters. The lowest BCUT2D eigenvalue weighted by molar-refractivity contribution is -0.0429. The third-order valence-corrected chi connectivity index (χ3v) is 1.61. The summed E-state index contributed by atoms with van der Waals surface area (Å²) in [6.07, 6.45) is 1.70. The Kier molecular flexibility index (Phi) is 4.22. The van der Waals surface area contributed by atoms with Crippen molar-refractivity contribution >= 4 is 12.2 Å². The summed E-state index contributed by atoms with van der Waals surface area (Å²) in [6.45, 7) is 1.58. The van der Waals surface area contributed by atoms with Crippen molar-refractivity contribution in [2.45, 2.75) is 13.2 Å². The van der Waals surface area contributed by atoms with Gasteiger partial charge in [0.15, 0.2) is 0 Å². The molecule has 1 amide bonds. The van der Waals surface area contributed by atoms with Crippen molar-refractivity contribution in [2.75, 3.05) is 0 Å². The number of carbonyl (C=O) groups is 1. The largest absolute Gasteiger partial charge is 0.463 e. The molecule has 0 fully saturated rings. The number of carbonyl (C=O) groups excluding carboxylic acids is 1. The Morgan fingerprint density at radius 1 is 1.40 bits per heavy atom. The van der Waals surface area contributed by atoms with Gasteiger partial charge in [0, 0.05) is 6.92 Å². The molecule has 0 aliphatic rings. The number of hydrogen-bond donors (Lipinski definition) is 1. The molecule has 1 unspecified atom stereocenters. The van der Waals surface area contributed by atoms with Crippen LogP contribution in [0.2, 0.25) is 0 Å². The van der Waals surface area contributed by atoms with E-state index in [-0.39, 0.29) is 0 Å². The number of nitrogens with two attached hydrogens (primary N) is 1. The fourth-order valence-corrected chi connectivity index (χ4v) is 0.984. The zero-order valence-electron chi connectivity index (χ0n) is 8.42. The highest BCUT2D eigenvalue weighted by molar-refractivity contribution is 5.64. The third kappa shape index (κ3) is 4.71. The van der Waals surface area contributed by atoms with Gasteiger partial charge in [-0.1, -0.05) is 30.3 Å². The minimum Gasteiger partial charge on any atom is -0.463 e. The highest BCUT2D eigenvalue weighted by Crippen LogP contribution is 2.02. The number of primary amides is 1. The Bertz CT molecular complexity index is 335. The van der Waals surface area contributed by atoms with E-state index in [1.54, 1.807) is 13.0 Å². The van der Waals surface area contributed by atoms with Crippen LogP contribution in [0.15, 0.2) is 36.6 Å². The monoisotopic (exact) mass is 207 g/mol. The standard InChI is InChI=1S/C11H13NO3/c1-9(15-11(12)13)14-8-7-10-5-3-2-4-6-10/h2-9H,1H3,(H2,12,13). The van der Waals surface area contributed by atoms with Crippen LogP contribution in [-0.2, 0) is 9.47 Å². The van der Waals surface area contributed by atoms with Crippen molar-refractivity contribution in [3.8, 4) is 0 Å². The maximum absolute atomic E-state index is 10.3. The molecule has 0 aliphatic carbocycles. The van der Waals surface area contributed by atoms with Crippen LogP contribution in [0.3, 0.4) is 0 Å². The second-order valence-electron chi connectivity index (χ2n) is 2.85. The van der Waals surface area contributed by atoms with Gasteiger partial charge in [0.05, 0.1) is 6.26 Å². The Hall–Kier alpha value is -1.97. The van der Waals surface area contributed by atoms with Crippen LogP contribution >= 0.6 is 0 Å². The fourth-order valence-electron chi connectivity index (χ4n) is 0.984. The SMILES string of the molecule is CC(OC=Cc1ccccc1)OC(N)=O. The van der Waals surface area contributed by atoms with E-state index in [1.807, 2.05) is 30.3 Å². The smallest absolute Gasteiger partial charge is 0.407 e. The summed E-state index contributed by atoms with van der Waals surface area (Å²) in [6, 6.07) is 9.63. The normalized spacial score (nSPS) is 12.3. The van der Waals surface area contributed by atoms with Crippen LogP contribution < -0.4 is 5.73 Å². The van der Waals surface area contributed by atoms with Crippen molar-refractivity contribution in [1.29, 1.82) is 0 Å². The molecule has 0 saturated carbocycles. The fraction of sp³-hybridized carbons (Fsp3) is 0.182. The first-order chi connectivity index (χ1) is 7.18. The van der Waals surface area contributed by atoms with Crippen LogP contribution in [0.5, 0.6) is 0 Å². The summed E-state index contributed by atoms with van der Waals surface area (Å²) >= 11 is 0. The van der Waals surface area contributed by atoms with Crippen molar-refractivity contribution in [3.63, 3.8) is 0 Å². The summed E-state index contributed by atoms with van der Waals surface area (Å²) in [4.78, 5) is 10.3. The van der Waals surface area contributed by atoms with Crippen molar-refractivity contribution < 1.29 is 14.3 Å². The van der Waals surface area contributed by atoms with E-state index >= 15 is 0 Å². The lowest BCUT2D eigenvalue weighted by atomic mass is 10.2. The zero-order chi connectivity index (χ0) is 11.1. The Balaban J connectivity index is 2.37. The Morgan fingerprint density at radius 3 is 2.67 bits per heavy atom. The molecular formula is C11H13NO3. The van der Waals surface area contributed by atoms with E-state index in [0.717, 1.165) is 5.56 Å².